The van der Waals surface area contributed by atoms with E-state index in [1.807, 2.05) is 14.1 Å². The molecule has 0 saturated heterocycles. The minimum atomic E-state index is -0.249. The molecule has 2 N–H and O–H groups in total. The van der Waals surface area contributed by atoms with Crippen LogP contribution >= 0.6 is 0 Å². The molecule has 1 rings (SSSR count). The van der Waals surface area contributed by atoms with Crippen molar-refractivity contribution < 1.29 is 14.4 Å². The van der Waals surface area contributed by atoms with E-state index >= 15 is 0 Å². The second-order valence-electron chi connectivity index (χ2n) is 4.50. The summed E-state index contributed by atoms with van der Waals surface area (Å²) < 4.78 is 4.86. The summed E-state index contributed by atoms with van der Waals surface area (Å²) in [6.07, 6.45) is 1.96. The van der Waals surface area contributed by atoms with Gasteiger partial charge < -0.3 is 19.8 Å². The lowest BCUT2D eigenvalue weighted by molar-refractivity contribution is 0.0943. The van der Waals surface area contributed by atoms with Crippen LogP contribution in [-0.2, 0) is 6.61 Å². The minimum Gasteiger partial charge on any atom is -0.388 e. The molecule has 0 spiro atoms. The number of nitrogens with one attached hydrogen (secondary N) is 1. The Labute approximate surface area is 107 Å². The van der Waals surface area contributed by atoms with E-state index in [2.05, 4.69) is 15.4 Å². The van der Waals surface area contributed by atoms with Gasteiger partial charge in [-0.25, -0.2) is 0 Å². The molecule has 6 heteroatoms. The monoisotopic (exact) mass is 255 g/mol. The first-order valence-corrected chi connectivity index (χ1v) is 6.05. The van der Waals surface area contributed by atoms with E-state index in [0.717, 1.165) is 19.4 Å². The van der Waals surface area contributed by atoms with Crippen molar-refractivity contribution >= 4 is 5.91 Å². The van der Waals surface area contributed by atoms with Gasteiger partial charge in [0.2, 0.25) is 0 Å². The molecule has 18 heavy (non-hydrogen) atoms. The number of aliphatic hydroxyl groups is 1. The Morgan fingerprint density at radius 1 is 1.44 bits per heavy atom. The molecule has 0 atom stereocenters. The van der Waals surface area contributed by atoms with Crippen molar-refractivity contribution in [1.82, 2.24) is 15.4 Å². The average molecular weight is 255 g/mol. The molecule has 0 aliphatic rings. The first kappa shape index (κ1) is 14.7. The van der Waals surface area contributed by atoms with Crippen LogP contribution in [0.15, 0.2) is 4.52 Å². The standard InChI is InChI=1S/C12H21N3O3/c1-9-10(8-16)18-14-11(9)12(17)13-6-4-5-7-15(2)3/h16H,4-8H2,1-3H3,(H,13,17). The summed E-state index contributed by atoms with van der Waals surface area (Å²) in [5.74, 6) is 0.0913. The van der Waals surface area contributed by atoms with Crippen LogP contribution < -0.4 is 5.32 Å². The van der Waals surface area contributed by atoms with Gasteiger partial charge in [0.05, 0.1) is 0 Å². The topological polar surface area (TPSA) is 78.6 Å². The summed E-state index contributed by atoms with van der Waals surface area (Å²) in [7, 11) is 4.04. The van der Waals surface area contributed by atoms with Crippen LogP contribution in [0, 0.1) is 6.92 Å². The van der Waals surface area contributed by atoms with E-state index in [1.54, 1.807) is 6.92 Å². The summed E-state index contributed by atoms with van der Waals surface area (Å²) in [5, 5.41) is 15.4. The van der Waals surface area contributed by atoms with Crippen LogP contribution in [0.4, 0.5) is 0 Å². The van der Waals surface area contributed by atoms with Crippen LogP contribution in [-0.4, -0.2) is 48.3 Å². The lowest BCUT2D eigenvalue weighted by Crippen LogP contribution is -2.26. The van der Waals surface area contributed by atoms with Gasteiger partial charge in [-0.3, -0.25) is 4.79 Å². The predicted molar refractivity (Wildman–Crippen MR) is 67.3 cm³/mol. The molecule has 0 unspecified atom stereocenters. The number of hydrogen-bond donors (Lipinski definition) is 2. The number of rotatable bonds is 7. The van der Waals surface area contributed by atoms with Crippen molar-refractivity contribution in [3.8, 4) is 0 Å². The Balaban J connectivity index is 2.34. The number of carbonyl (C=O) groups is 1. The Hall–Kier alpha value is -1.40. The van der Waals surface area contributed by atoms with Crippen molar-refractivity contribution in [3.63, 3.8) is 0 Å². The lowest BCUT2D eigenvalue weighted by Gasteiger charge is -2.09. The van der Waals surface area contributed by atoms with Crippen molar-refractivity contribution in [2.24, 2.45) is 0 Å². The first-order chi connectivity index (χ1) is 8.56. The highest BCUT2D eigenvalue weighted by Crippen LogP contribution is 2.12. The first-order valence-electron chi connectivity index (χ1n) is 6.05. The molecule has 102 valence electrons. The third-order valence-corrected chi connectivity index (χ3v) is 2.70. The molecule has 0 radical (unpaired) electrons. The summed E-state index contributed by atoms with van der Waals surface area (Å²) >= 11 is 0. The Morgan fingerprint density at radius 2 is 2.17 bits per heavy atom. The normalized spacial score (nSPS) is 10.9. The minimum absolute atomic E-state index is 0.241. The van der Waals surface area contributed by atoms with Gasteiger partial charge in [-0.05, 0) is 40.4 Å². The fraction of sp³-hybridized carbons (Fsp3) is 0.667. The molecule has 6 nitrogen and oxygen atoms in total. The molecule has 0 aromatic carbocycles. The molecule has 0 bridgehead atoms. The van der Waals surface area contributed by atoms with Gasteiger partial charge >= 0.3 is 0 Å². The van der Waals surface area contributed by atoms with Crippen LogP contribution in [0.1, 0.15) is 34.7 Å². The zero-order valence-electron chi connectivity index (χ0n) is 11.2. The fourth-order valence-corrected chi connectivity index (χ4v) is 1.57. The van der Waals surface area contributed by atoms with Crippen LogP contribution in [0.2, 0.25) is 0 Å². The Kier molecular flexibility index (Phi) is 5.80. The number of unbranched alkanes of at least 4 members (excludes halogenated alkanes) is 1. The second kappa shape index (κ2) is 7.13. The highest BCUT2D eigenvalue weighted by molar-refractivity contribution is 5.93. The van der Waals surface area contributed by atoms with Gasteiger partial charge in [0.1, 0.15) is 6.61 Å². The van der Waals surface area contributed by atoms with Gasteiger partial charge in [0.25, 0.3) is 5.91 Å². The SMILES string of the molecule is Cc1c(C(=O)NCCCCN(C)C)noc1CO. The molecule has 0 aliphatic heterocycles. The molecular formula is C12H21N3O3. The number of aliphatic hydroxyl groups excluding tert-OH is 1. The summed E-state index contributed by atoms with van der Waals surface area (Å²) in [5.41, 5.74) is 0.856. The molecule has 0 saturated carbocycles. The smallest absolute Gasteiger partial charge is 0.273 e. The quantitative estimate of drug-likeness (QED) is 0.695. The Bertz CT molecular complexity index is 388. The van der Waals surface area contributed by atoms with Gasteiger partial charge in [0, 0.05) is 12.1 Å². The number of aromatic nitrogens is 1. The third-order valence-electron chi connectivity index (χ3n) is 2.70. The summed E-state index contributed by atoms with van der Waals surface area (Å²) in [6, 6.07) is 0. The number of nitrogens with zero attached hydrogens (tertiary/aromatic N) is 2. The predicted octanol–water partition coefficient (Wildman–Crippen LogP) is 0.547. The maximum Gasteiger partial charge on any atom is 0.273 e. The molecule has 1 aromatic heterocycles. The highest BCUT2D eigenvalue weighted by atomic mass is 16.5. The van der Waals surface area contributed by atoms with Crippen LogP contribution in [0.25, 0.3) is 0 Å². The maximum absolute atomic E-state index is 11.8. The van der Waals surface area contributed by atoms with Gasteiger partial charge in [-0.15, -0.1) is 0 Å². The van der Waals surface area contributed by atoms with Crippen molar-refractivity contribution in [3.05, 3.63) is 17.0 Å². The van der Waals surface area contributed by atoms with Crippen LogP contribution in [0.5, 0.6) is 0 Å². The number of amides is 1. The highest BCUT2D eigenvalue weighted by Gasteiger charge is 2.17. The van der Waals surface area contributed by atoms with Gasteiger partial charge in [0.15, 0.2) is 11.5 Å². The van der Waals surface area contributed by atoms with Crippen LogP contribution in [0.3, 0.4) is 0 Å². The molecule has 0 aliphatic carbocycles. The molecule has 1 aromatic rings. The van der Waals surface area contributed by atoms with E-state index in [4.69, 9.17) is 9.63 Å². The van der Waals surface area contributed by atoms with E-state index in [9.17, 15) is 4.79 Å². The Morgan fingerprint density at radius 3 is 2.72 bits per heavy atom. The zero-order valence-corrected chi connectivity index (χ0v) is 11.2. The third kappa shape index (κ3) is 4.12. The molecule has 1 heterocycles. The van der Waals surface area contributed by atoms with E-state index in [-0.39, 0.29) is 18.2 Å². The second-order valence-corrected chi connectivity index (χ2v) is 4.50. The van der Waals surface area contributed by atoms with E-state index in [0.29, 0.717) is 17.9 Å². The average Bonchev–Trinajstić information content (AvgIpc) is 2.69. The van der Waals surface area contributed by atoms with Gasteiger partial charge in [-0.1, -0.05) is 5.16 Å². The van der Waals surface area contributed by atoms with Crippen molar-refractivity contribution in [1.29, 1.82) is 0 Å². The van der Waals surface area contributed by atoms with E-state index in [1.165, 1.54) is 0 Å². The molecule has 1 amide bonds. The largest absolute Gasteiger partial charge is 0.388 e. The number of hydrogen-bond acceptors (Lipinski definition) is 5. The zero-order chi connectivity index (χ0) is 13.5. The summed E-state index contributed by atoms with van der Waals surface area (Å²) in [6.45, 7) is 3.10. The molecule has 0 fully saturated rings. The molecular weight excluding hydrogens is 234 g/mol. The summed E-state index contributed by atoms with van der Waals surface area (Å²) in [4.78, 5) is 13.9. The van der Waals surface area contributed by atoms with E-state index < -0.39 is 0 Å². The fourth-order valence-electron chi connectivity index (χ4n) is 1.57. The van der Waals surface area contributed by atoms with Crippen molar-refractivity contribution in [2.45, 2.75) is 26.4 Å². The van der Waals surface area contributed by atoms with Gasteiger partial charge in [-0.2, -0.15) is 0 Å². The number of carbonyl (C=O) groups excluding carboxylic acids is 1. The maximum atomic E-state index is 11.8. The lowest BCUT2D eigenvalue weighted by atomic mass is 10.2. The van der Waals surface area contributed by atoms with Crippen molar-refractivity contribution in [2.75, 3.05) is 27.2 Å².